The van der Waals surface area contributed by atoms with Crippen molar-refractivity contribution in [3.63, 3.8) is 0 Å². The maximum absolute atomic E-state index is 14.4. The van der Waals surface area contributed by atoms with Crippen molar-refractivity contribution >= 4 is 35.0 Å². The van der Waals surface area contributed by atoms with Crippen LogP contribution < -0.4 is 10.1 Å². The van der Waals surface area contributed by atoms with Crippen LogP contribution in [0.3, 0.4) is 0 Å². The molecule has 2 saturated carbocycles. The quantitative estimate of drug-likeness (QED) is 0.177. The third-order valence-corrected chi connectivity index (χ3v) is 9.33. The Kier molecular flexibility index (Phi) is 8.25. The van der Waals surface area contributed by atoms with Gasteiger partial charge in [-0.15, -0.1) is 5.11 Å². The zero-order valence-corrected chi connectivity index (χ0v) is 25.4. The summed E-state index contributed by atoms with van der Waals surface area (Å²) in [5.41, 5.74) is 9.01. The molecule has 1 aliphatic heterocycles. The first-order chi connectivity index (χ1) is 20.0. The van der Waals surface area contributed by atoms with Gasteiger partial charge in [-0.2, -0.15) is 0 Å². The Bertz CT molecular complexity index is 1420. The molecule has 9 nitrogen and oxygen atoms in total. The molecule has 42 heavy (non-hydrogen) atoms. The fourth-order valence-corrected chi connectivity index (χ4v) is 6.74. The van der Waals surface area contributed by atoms with Crippen LogP contribution in [-0.4, -0.2) is 47.6 Å². The van der Waals surface area contributed by atoms with Crippen LogP contribution in [0.2, 0.25) is 5.02 Å². The molecule has 1 heterocycles. The van der Waals surface area contributed by atoms with Gasteiger partial charge in [-0.25, -0.2) is 5.53 Å². The summed E-state index contributed by atoms with van der Waals surface area (Å²) in [6.45, 7) is 6.76. The summed E-state index contributed by atoms with van der Waals surface area (Å²) in [6.07, 6.45) is 5.63. The average Bonchev–Trinajstić information content (AvgIpc) is 3.78. The number of hydrogen-bond acceptors (Lipinski definition) is 6. The molecular weight excluding hydrogens is 552 g/mol. The summed E-state index contributed by atoms with van der Waals surface area (Å²) in [5, 5.41) is 13.6. The number of rotatable bonds is 8. The molecule has 222 valence electrons. The first kappa shape index (κ1) is 29.9. The van der Waals surface area contributed by atoms with Crippen LogP contribution in [0.5, 0.6) is 5.75 Å². The Morgan fingerprint density at radius 1 is 1.17 bits per heavy atom. The third-order valence-electron chi connectivity index (χ3n) is 9.04. The average molecular weight is 591 g/mol. The van der Waals surface area contributed by atoms with E-state index in [-0.39, 0.29) is 35.7 Å². The lowest BCUT2D eigenvalue weighted by Crippen LogP contribution is -2.52. The smallest absolute Gasteiger partial charge is 0.275 e. The van der Waals surface area contributed by atoms with Crippen molar-refractivity contribution in [3.05, 3.63) is 64.2 Å². The Balaban J connectivity index is 1.49. The fraction of sp³-hybridized carbons (Fsp3) is 0.500. The molecule has 3 N–H and O–H groups in total. The van der Waals surface area contributed by atoms with Crippen molar-refractivity contribution < 1.29 is 14.3 Å². The van der Waals surface area contributed by atoms with Crippen LogP contribution in [-0.2, 0) is 4.79 Å². The highest BCUT2D eigenvalue weighted by Gasteiger charge is 2.55. The SMILES string of the molecule is COc1ccc(C2=NC3(CCC(C(C)(C)C)CC3)N([C@@H](c3ccc(C(=O)NCC(=N)N=N)cc3)C3CC3)C2=O)cc1Cl. The molecule has 2 aromatic rings. The Morgan fingerprint density at radius 3 is 2.38 bits per heavy atom. The van der Waals surface area contributed by atoms with Gasteiger partial charge in [-0.3, -0.25) is 20.0 Å². The van der Waals surface area contributed by atoms with E-state index in [0.717, 1.165) is 44.1 Å². The van der Waals surface area contributed by atoms with Gasteiger partial charge < -0.3 is 15.0 Å². The standard InChI is InChI=1S/C32H39ClN6O3/c1-31(2,3)23-13-15-32(16-14-23)37-27(22-11-12-25(42-4)24(33)17-22)30(41)39(32)28(19-5-6-19)20-7-9-21(10-8-20)29(40)36-18-26(34)38-35/h7-12,17,19,23,28,34-35H,5-6,13-16,18H2,1-4H3,(H,36,40)/t23?,28-,32?/m1/s1. The Morgan fingerprint density at radius 2 is 1.83 bits per heavy atom. The zero-order valence-electron chi connectivity index (χ0n) is 24.7. The lowest BCUT2D eigenvalue weighted by Gasteiger charge is -2.47. The summed E-state index contributed by atoms with van der Waals surface area (Å²) >= 11 is 6.48. The van der Waals surface area contributed by atoms with Gasteiger partial charge in [-0.1, -0.05) is 44.5 Å². The van der Waals surface area contributed by atoms with Crippen LogP contribution in [0.15, 0.2) is 52.6 Å². The maximum Gasteiger partial charge on any atom is 0.275 e. The number of amidine groups is 1. The summed E-state index contributed by atoms with van der Waals surface area (Å²) < 4.78 is 5.34. The lowest BCUT2D eigenvalue weighted by atomic mass is 9.69. The second-order valence-electron chi connectivity index (χ2n) is 12.8. The second-order valence-corrected chi connectivity index (χ2v) is 13.2. The third kappa shape index (κ3) is 5.84. The van der Waals surface area contributed by atoms with Crippen LogP contribution in [0, 0.1) is 28.2 Å². The van der Waals surface area contributed by atoms with E-state index in [1.807, 2.05) is 18.2 Å². The largest absolute Gasteiger partial charge is 0.495 e. The minimum atomic E-state index is -0.635. The topological polar surface area (TPSA) is 131 Å². The Labute approximate surface area is 252 Å². The minimum Gasteiger partial charge on any atom is -0.495 e. The van der Waals surface area contributed by atoms with E-state index < -0.39 is 5.66 Å². The van der Waals surface area contributed by atoms with E-state index in [1.54, 1.807) is 31.4 Å². The number of ether oxygens (including phenoxy) is 1. The summed E-state index contributed by atoms with van der Waals surface area (Å²) in [7, 11) is 1.57. The molecule has 2 aromatic carbocycles. The molecule has 1 atom stereocenters. The van der Waals surface area contributed by atoms with Gasteiger partial charge in [0.25, 0.3) is 11.8 Å². The van der Waals surface area contributed by atoms with Crippen LogP contribution in [0.1, 0.15) is 86.8 Å². The molecule has 0 radical (unpaired) electrons. The highest BCUT2D eigenvalue weighted by atomic mass is 35.5. The Hall–Kier alpha value is -3.59. The van der Waals surface area contributed by atoms with Crippen molar-refractivity contribution in [1.82, 2.24) is 10.2 Å². The van der Waals surface area contributed by atoms with Gasteiger partial charge in [0.2, 0.25) is 0 Å². The molecule has 0 unspecified atom stereocenters. The van der Waals surface area contributed by atoms with Crippen molar-refractivity contribution in [1.29, 1.82) is 10.9 Å². The first-order valence-electron chi connectivity index (χ1n) is 14.6. The van der Waals surface area contributed by atoms with Gasteiger partial charge in [0, 0.05) is 11.1 Å². The van der Waals surface area contributed by atoms with Crippen LogP contribution in [0.25, 0.3) is 0 Å². The molecule has 2 aliphatic carbocycles. The summed E-state index contributed by atoms with van der Waals surface area (Å²) in [4.78, 5) is 34.4. The summed E-state index contributed by atoms with van der Waals surface area (Å²) in [6, 6.07) is 12.6. The predicted molar refractivity (Wildman–Crippen MR) is 163 cm³/mol. The van der Waals surface area contributed by atoms with Gasteiger partial charge >= 0.3 is 0 Å². The number of nitrogens with zero attached hydrogens (tertiary/aromatic N) is 3. The zero-order chi connectivity index (χ0) is 30.2. The van der Waals surface area contributed by atoms with E-state index in [4.69, 9.17) is 32.3 Å². The van der Waals surface area contributed by atoms with Crippen LogP contribution in [0.4, 0.5) is 0 Å². The number of carbonyl (C=O) groups excluding carboxylic acids is 2. The first-order valence-corrected chi connectivity index (χ1v) is 15.0. The predicted octanol–water partition coefficient (Wildman–Crippen LogP) is 6.80. The molecule has 1 spiro atoms. The number of hydrogen-bond donors (Lipinski definition) is 3. The molecule has 2 amide bonds. The molecule has 0 bridgehead atoms. The van der Waals surface area contributed by atoms with Crippen molar-refractivity contribution in [3.8, 4) is 5.75 Å². The van der Waals surface area contributed by atoms with Crippen molar-refractivity contribution in [2.24, 2.45) is 27.4 Å². The number of aliphatic imine (C=N–C) groups is 1. The minimum absolute atomic E-state index is 0.0816. The van der Waals surface area contributed by atoms with E-state index in [9.17, 15) is 9.59 Å². The highest BCUT2D eigenvalue weighted by Crippen LogP contribution is 2.54. The summed E-state index contributed by atoms with van der Waals surface area (Å²) in [5.74, 6) is 0.780. The number of halogens is 1. The van der Waals surface area contributed by atoms with E-state index in [1.165, 1.54) is 0 Å². The van der Waals surface area contributed by atoms with E-state index in [2.05, 4.69) is 36.1 Å². The number of methoxy groups -OCH3 is 1. The highest BCUT2D eigenvalue weighted by molar-refractivity contribution is 6.47. The fourth-order valence-electron chi connectivity index (χ4n) is 6.48. The number of benzene rings is 2. The molecule has 10 heteroatoms. The van der Waals surface area contributed by atoms with Gasteiger partial charge in [0.1, 0.15) is 17.1 Å². The molecule has 5 rings (SSSR count). The van der Waals surface area contributed by atoms with Crippen LogP contribution >= 0.6 is 11.6 Å². The number of nitrogens with one attached hydrogen (secondary N) is 3. The van der Waals surface area contributed by atoms with Gasteiger partial charge in [0.05, 0.1) is 24.7 Å². The number of amides is 2. The lowest BCUT2D eigenvalue weighted by molar-refractivity contribution is -0.134. The maximum atomic E-state index is 14.4. The molecule has 0 saturated heterocycles. The monoisotopic (exact) mass is 590 g/mol. The van der Waals surface area contributed by atoms with E-state index >= 15 is 0 Å². The second kappa shape index (κ2) is 11.6. The van der Waals surface area contributed by atoms with E-state index in [0.29, 0.717) is 39.4 Å². The molecule has 0 aromatic heterocycles. The van der Waals surface area contributed by atoms with Gasteiger partial charge in [0.15, 0.2) is 5.84 Å². The normalized spacial score (nSPS) is 23.0. The molecule has 3 aliphatic rings. The molecular formula is C32H39ClN6O3. The van der Waals surface area contributed by atoms with Crippen molar-refractivity contribution in [2.75, 3.05) is 13.7 Å². The van der Waals surface area contributed by atoms with Gasteiger partial charge in [-0.05, 0) is 91.7 Å². The number of carbonyl (C=O) groups is 2. The van der Waals surface area contributed by atoms with Crippen molar-refractivity contribution in [2.45, 2.75) is 71.0 Å². The molecule has 2 fully saturated rings.